The van der Waals surface area contributed by atoms with Crippen molar-refractivity contribution in [2.24, 2.45) is 17.6 Å². The van der Waals surface area contributed by atoms with Gasteiger partial charge in [-0.15, -0.1) is 0 Å². The Hall–Kier alpha value is -1.63. The van der Waals surface area contributed by atoms with E-state index < -0.39 is 6.04 Å². The Morgan fingerprint density at radius 1 is 1.00 bits per heavy atom. The number of carbonyl (C=O) groups excluding carboxylic acids is 3. The Balaban J connectivity index is 2.05. The summed E-state index contributed by atoms with van der Waals surface area (Å²) < 4.78 is 0. The average molecular weight is 326 g/mol. The Kier molecular flexibility index (Phi) is 8.61. The number of rotatable bonds is 9. The Bertz CT molecular complexity index is 406. The van der Waals surface area contributed by atoms with Crippen LogP contribution < -0.4 is 21.7 Å². The van der Waals surface area contributed by atoms with Crippen molar-refractivity contribution < 1.29 is 14.4 Å². The van der Waals surface area contributed by atoms with E-state index in [1.54, 1.807) is 0 Å². The molecule has 0 aromatic rings. The minimum absolute atomic E-state index is 0.0214. The van der Waals surface area contributed by atoms with E-state index in [-0.39, 0.29) is 30.2 Å². The van der Waals surface area contributed by atoms with Crippen LogP contribution in [0.15, 0.2) is 0 Å². The normalized spacial score (nSPS) is 16.2. The maximum atomic E-state index is 11.7. The molecule has 0 bridgehead atoms. The molecule has 0 saturated heterocycles. The van der Waals surface area contributed by atoms with Crippen molar-refractivity contribution in [1.82, 2.24) is 16.0 Å². The fourth-order valence-electron chi connectivity index (χ4n) is 2.60. The summed E-state index contributed by atoms with van der Waals surface area (Å²) in [5, 5.41) is 7.95. The molecular formula is C16H30N4O3. The molecule has 7 nitrogen and oxygen atoms in total. The third kappa shape index (κ3) is 7.97. The average Bonchev–Trinajstić information content (AvgIpc) is 3.01. The highest BCUT2D eigenvalue weighted by molar-refractivity contribution is 5.87. The van der Waals surface area contributed by atoms with Crippen molar-refractivity contribution in [2.75, 3.05) is 19.6 Å². The molecule has 23 heavy (non-hydrogen) atoms. The third-order valence-corrected chi connectivity index (χ3v) is 4.16. The molecule has 1 aliphatic carbocycles. The van der Waals surface area contributed by atoms with Gasteiger partial charge in [0.05, 0.1) is 12.6 Å². The predicted octanol–water partition coefficient (Wildman–Crippen LogP) is -0.101. The van der Waals surface area contributed by atoms with E-state index in [2.05, 4.69) is 16.0 Å². The van der Waals surface area contributed by atoms with Crippen LogP contribution in [0.25, 0.3) is 0 Å². The number of nitrogens with one attached hydrogen (secondary N) is 3. The van der Waals surface area contributed by atoms with Crippen LogP contribution in [0, 0.1) is 11.8 Å². The van der Waals surface area contributed by atoms with E-state index in [1.165, 1.54) is 12.8 Å². The van der Waals surface area contributed by atoms with Crippen molar-refractivity contribution in [3.05, 3.63) is 0 Å². The van der Waals surface area contributed by atoms with Gasteiger partial charge in [-0.2, -0.15) is 0 Å². The fourth-order valence-corrected chi connectivity index (χ4v) is 2.60. The van der Waals surface area contributed by atoms with E-state index in [1.807, 2.05) is 13.8 Å². The molecule has 5 N–H and O–H groups in total. The third-order valence-electron chi connectivity index (χ3n) is 4.16. The van der Waals surface area contributed by atoms with Crippen molar-refractivity contribution in [3.8, 4) is 0 Å². The summed E-state index contributed by atoms with van der Waals surface area (Å²) in [7, 11) is 0. The van der Waals surface area contributed by atoms with E-state index >= 15 is 0 Å². The van der Waals surface area contributed by atoms with Crippen LogP contribution in [0.5, 0.6) is 0 Å². The summed E-state index contributed by atoms with van der Waals surface area (Å²) in [5.41, 5.74) is 5.68. The van der Waals surface area contributed by atoms with Crippen LogP contribution in [0.4, 0.5) is 0 Å². The monoisotopic (exact) mass is 326 g/mol. The highest BCUT2D eigenvalue weighted by Gasteiger charge is 2.18. The standard InChI is InChI=1S/C16H30N4O3/c1-11(2)15(17)16(23)20-10-14(22)19-8-7-18-13(21)9-12-5-3-4-6-12/h11-12,15H,3-10,17H2,1-2H3,(H,18,21)(H,19,22)(H,20,23)/t15-/m0/s1. The molecule has 1 rings (SSSR count). The molecule has 1 fully saturated rings. The summed E-state index contributed by atoms with van der Waals surface area (Å²) in [6.45, 7) is 4.34. The molecule has 0 unspecified atom stereocenters. The number of nitrogens with two attached hydrogens (primary N) is 1. The second-order valence-electron chi connectivity index (χ2n) is 6.54. The molecule has 3 amide bonds. The van der Waals surface area contributed by atoms with Gasteiger partial charge in [0.25, 0.3) is 0 Å². The van der Waals surface area contributed by atoms with Crippen molar-refractivity contribution in [1.29, 1.82) is 0 Å². The Morgan fingerprint density at radius 3 is 2.13 bits per heavy atom. The van der Waals surface area contributed by atoms with Crippen LogP contribution in [0.1, 0.15) is 46.0 Å². The highest BCUT2D eigenvalue weighted by atomic mass is 16.2. The first kappa shape index (κ1) is 19.4. The van der Waals surface area contributed by atoms with Crippen LogP contribution in [0.2, 0.25) is 0 Å². The minimum Gasteiger partial charge on any atom is -0.354 e. The fraction of sp³-hybridized carbons (Fsp3) is 0.812. The first-order valence-corrected chi connectivity index (χ1v) is 8.46. The quantitative estimate of drug-likeness (QED) is 0.443. The Labute approximate surface area is 138 Å². The lowest BCUT2D eigenvalue weighted by Crippen LogP contribution is -2.47. The number of hydrogen-bond acceptors (Lipinski definition) is 4. The molecular weight excluding hydrogens is 296 g/mol. The largest absolute Gasteiger partial charge is 0.354 e. The van der Waals surface area contributed by atoms with E-state index in [9.17, 15) is 14.4 Å². The first-order valence-electron chi connectivity index (χ1n) is 8.46. The van der Waals surface area contributed by atoms with Gasteiger partial charge in [0.1, 0.15) is 0 Å². The second kappa shape index (κ2) is 10.2. The summed E-state index contributed by atoms with van der Waals surface area (Å²) >= 11 is 0. The Morgan fingerprint density at radius 2 is 1.57 bits per heavy atom. The van der Waals surface area contributed by atoms with Crippen molar-refractivity contribution in [2.45, 2.75) is 52.0 Å². The van der Waals surface area contributed by atoms with E-state index in [4.69, 9.17) is 5.73 Å². The molecule has 1 aliphatic rings. The van der Waals surface area contributed by atoms with Gasteiger partial charge in [0.2, 0.25) is 17.7 Å². The zero-order chi connectivity index (χ0) is 17.2. The van der Waals surface area contributed by atoms with Gasteiger partial charge in [-0.3, -0.25) is 14.4 Å². The first-order chi connectivity index (χ1) is 10.9. The van der Waals surface area contributed by atoms with Gasteiger partial charge in [0.15, 0.2) is 0 Å². The molecule has 1 atom stereocenters. The molecule has 0 spiro atoms. The molecule has 7 heteroatoms. The maximum Gasteiger partial charge on any atom is 0.239 e. The lowest BCUT2D eigenvalue weighted by molar-refractivity contribution is -0.127. The summed E-state index contributed by atoms with van der Waals surface area (Å²) in [4.78, 5) is 34.9. The second-order valence-corrected chi connectivity index (χ2v) is 6.54. The minimum atomic E-state index is -0.613. The summed E-state index contributed by atoms with van der Waals surface area (Å²) in [6.07, 6.45) is 5.31. The van der Waals surface area contributed by atoms with Gasteiger partial charge < -0.3 is 21.7 Å². The van der Waals surface area contributed by atoms with Crippen molar-refractivity contribution in [3.63, 3.8) is 0 Å². The van der Waals surface area contributed by atoms with E-state index in [0.717, 1.165) is 12.8 Å². The lowest BCUT2D eigenvalue weighted by atomic mass is 10.0. The SMILES string of the molecule is CC(C)[C@H](N)C(=O)NCC(=O)NCCNC(=O)CC1CCCC1. The van der Waals surface area contributed by atoms with Gasteiger partial charge in [-0.1, -0.05) is 26.7 Å². The molecule has 0 radical (unpaired) electrons. The smallest absolute Gasteiger partial charge is 0.239 e. The number of amides is 3. The van der Waals surface area contributed by atoms with Crippen LogP contribution in [-0.2, 0) is 14.4 Å². The van der Waals surface area contributed by atoms with E-state index in [0.29, 0.717) is 25.4 Å². The summed E-state index contributed by atoms with van der Waals surface area (Å²) in [5.74, 6) is -0.0418. The highest BCUT2D eigenvalue weighted by Crippen LogP contribution is 2.27. The predicted molar refractivity (Wildman–Crippen MR) is 88.4 cm³/mol. The van der Waals surface area contributed by atoms with Crippen LogP contribution in [0.3, 0.4) is 0 Å². The van der Waals surface area contributed by atoms with Crippen LogP contribution in [-0.4, -0.2) is 43.4 Å². The topological polar surface area (TPSA) is 113 Å². The molecule has 132 valence electrons. The van der Waals surface area contributed by atoms with Gasteiger partial charge >= 0.3 is 0 Å². The molecule has 1 saturated carbocycles. The maximum absolute atomic E-state index is 11.7. The number of hydrogen-bond donors (Lipinski definition) is 4. The zero-order valence-electron chi connectivity index (χ0n) is 14.2. The number of carbonyl (C=O) groups is 3. The van der Waals surface area contributed by atoms with Gasteiger partial charge in [-0.25, -0.2) is 0 Å². The summed E-state index contributed by atoms with van der Waals surface area (Å²) in [6, 6.07) is -0.613. The molecule has 0 heterocycles. The zero-order valence-corrected chi connectivity index (χ0v) is 14.2. The van der Waals surface area contributed by atoms with Gasteiger partial charge in [-0.05, 0) is 24.7 Å². The molecule has 0 aromatic carbocycles. The van der Waals surface area contributed by atoms with Gasteiger partial charge in [0, 0.05) is 19.5 Å². The molecule has 0 aromatic heterocycles. The molecule has 0 aliphatic heterocycles. The van der Waals surface area contributed by atoms with Crippen molar-refractivity contribution >= 4 is 17.7 Å². The lowest BCUT2D eigenvalue weighted by Gasteiger charge is -2.15. The van der Waals surface area contributed by atoms with Crippen LogP contribution >= 0.6 is 0 Å².